The van der Waals surface area contributed by atoms with Crippen LogP contribution in [0.15, 0.2) is 42.5 Å². The van der Waals surface area contributed by atoms with E-state index >= 15 is 0 Å². The van der Waals surface area contributed by atoms with E-state index in [1.807, 2.05) is 31.2 Å². The van der Waals surface area contributed by atoms with Crippen LogP contribution in [0.3, 0.4) is 0 Å². The second-order valence-corrected chi connectivity index (χ2v) is 7.13. The Labute approximate surface area is 156 Å². The highest BCUT2D eigenvalue weighted by Gasteiger charge is 2.58. The second-order valence-electron chi connectivity index (χ2n) is 7.13. The van der Waals surface area contributed by atoms with Crippen LogP contribution in [0.2, 0.25) is 0 Å². The van der Waals surface area contributed by atoms with Gasteiger partial charge < -0.3 is 10.2 Å². The van der Waals surface area contributed by atoms with Gasteiger partial charge in [0.2, 0.25) is 5.91 Å². The van der Waals surface area contributed by atoms with Crippen molar-refractivity contribution in [3.63, 3.8) is 0 Å². The van der Waals surface area contributed by atoms with Crippen LogP contribution < -0.4 is 5.32 Å². The van der Waals surface area contributed by atoms with E-state index in [0.717, 1.165) is 23.7 Å². The standard InChI is InChI=1S/C21H20F2N2O2/c1-2-6-17-21(14-8-3-4-10-16(14)24-20(21)27)11-12-25(17)19(26)13-7-5-9-15(22)18(13)23/h3-5,7-10,17H,2,6,11-12H2,1H3,(H,24,27)/t17-,21-/m0/s1. The molecule has 2 amide bonds. The summed E-state index contributed by atoms with van der Waals surface area (Å²) in [7, 11) is 0. The molecule has 140 valence electrons. The summed E-state index contributed by atoms with van der Waals surface area (Å²) in [5.74, 6) is -2.89. The molecular formula is C21H20F2N2O2. The molecule has 2 aliphatic rings. The van der Waals surface area contributed by atoms with Crippen molar-refractivity contribution < 1.29 is 18.4 Å². The smallest absolute Gasteiger partial charge is 0.257 e. The van der Waals surface area contributed by atoms with Gasteiger partial charge in [-0.25, -0.2) is 8.78 Å². The largest absolute Gasteiger partial charge is 0.334 e. The molecule has 27 heavy (non-hydrogen) atoms. The third-order valence-corrected chi connectivity index (χ3v) is 5.76. The van der Waals surface area contributed by atoms with Gasteiger partial charge in [-0.3, -0.25) is 9.59 Å². The fourth-order valence-electron chi connectivity index (χ4n) is 4.54. The first-order valence-electron chi connectivity index (χ1n) is 9.16. The molecule has 0 saturated carbocycles. The molecule has 1 N–H and O–H groups in total. The number of para-hydroxylation sites is 1. The van der Waals surface area contributed by atoms with Gasteiger partial charge in [-0.1, -0.05) is 37.6 Å². The van der Waals surface area contributed by atoms with E-state index in [-0.39, 0.29) is 11.5 Å². The quantitative estimate of drug-likeness (QED) is 0.892. The van der Waals surface area contributed by atoms with E-state index in [9.17, 15) is 18.4 Å². The topological polar surface area (TPSA) is 49.4 Å². The molecule has 2 aromatic carbocycles. The molecule has 2 aromatic rings. The van der Waals surface area contributed by atoms with Crippen LogP contribution in [0.1, 0.15) is 42.1 Å². The molecule has 6 heteroatoms. The van der Waals surface area contributed by atoms with Crippen molar-refractivity contribution in [3.05, 3.63) is 65.2 Å². The van der Waals surface area contributed by atoms with E-state index in [2.05, 4.69) is 5.32 Å². The maximum Gasteiger partial charge on any atom is 0.257 e. The third-order valence-electron chi connectivity index (χ3n) is 5.76. The first-order valence-corrected chi connectivity index (χ1v) is 9.16. The van der Waals surface area contributed by atoms with Crippen LogP contribution >= 0.6 is 0 Å². The summed E-state index contributed by atoms with van der Waals surface area (Å²) in [5.41, 5.74) is 0.504. The first kappa shape index (κ1) is 17.6. The average molecular weight is 370 g/mol. The fraction of sp³-hybridized carbons (Fsp3) is 0.333. The minimum absolute atomic E-state index is 0.128. The van der Waals surface area contributed by atoms with Gasteiger partial charge in [-0.2, -0.15) is 0 Å². The molecule has 2 heterocycles. The molecule has 0 unspecified atom stereocenters. The SMILES string of the molecule is CCC[C@@H]1N(C(=O)c2cccc(F)c2F)CC[C@@]12C(=O)Nc1ccccc12. The Hall–Kier alpha value is -2.76. The zero-order valence-corrected chi connectivity index (χ0v) is 15.0. The zero-order valence-electron chi connectivity index (χ0n) is 15.0. The summed E-state index contributed by atoms with van der Waals surface area (Å²) >= 11 is 0. The number of hydrogen-bond acceptors (Lipinski definition) is 2. The van der Waals surface area contributed by atoms with E-state index in [1.165, 1.54) is 12.1 Å². The number of carbonyl (C=O) groups excluding carboxylic acids is 2. The highest BCUT2D eigenvalue weighted by molar-refractivity contribution is 6.08. The molecule has 0 bridgehead atoms. The number of amides is 2. The van der Waals surface area contributed by atoms with Gasteiger partial charge in [0.15, 0.2) is 11.6 Å². The van der Waals surface area contributed by atoms with Crippen molar-refractivity contribution in [3.8, 4) is 0 Å². The molecule has 1 saturated heterocycles. The highest BCUT2D eigenvalue weighted by Crippen LogP contribution is 2.49. The van der Waals surface area contributed by atoms with Crippen molar-refractivity contribution in [1.29, 1.82) is 0 Å². The molecule has 0 aliphatic carbocycles. The summed E-state index contributed by atoms with van der Waals surface area (Å²) < 4.78 is 27.8. The van der Waals surface area contributed by atoms with Crippen LogP contribution in [-0.2, 0) is 10.2 Å². The lowest BCUT2D eigenvalue weighted by atomic mass is 9.73. The van der Waals surface area contributed by atoms with Crippen LogP contribution in [0.4, 0.5) is 14.5 Å². The fourth-order valence-corrected chi connectivity index (χ4v) is 4.54. The Bertz CT molecular complexity index is 930. The van der Waals surface area contributed by atoms with Gasteiger partial charge in [0, 0.05) is 12.2 Å². The van der Waals surface area contributed by atoms with Crippen molar-refractivity contribution in [2.24, 2.45) is 0 Å². The summed E-state index contributed by atoms with van der Waals surface area (Å²) in [6.45, 7) is 2.30. The van der Waals surface area contributed by atoms with Crippen molar-refractivity contribution in [1.82, 2.24) is 4.90 Å². The monoisotopic (exact) mass is 370 g/mol. The molecule has 4 rings (SSSR count). The van der Waals surface area contributed by atoms with Gasteiger partial charge in [0.1, 0.15) is 0 Å². The molecule has 4 nitrogen and oxygen atoms in total. The van der Waals surface area contributed by atoms with Crippen LogP contribution in [0.25, 0.3) is 0 Å². The number of anilines is 1. The molecule has 0 aromatic heterocycles. The Balaban J connectivity index is 1.78. The number of hydrogen-bond donors (Lipinski definition) is 1. The maximum atomic E-state index is 14.2. The molecular weight excluding hydrogens is 350 g/mol. The van der Waals surface area contributed by atoms with Crippen LogP contribution in [0.5, 0.6) is 0 Å². The highest BCUT2D eigenvalue weighted by atomic mass is 19.2. The minimum atomic E-state index is -1.14. The first-order chi connectivity index (χ1) is 13.0. The van der Waals surface area contributed by atoms with Crippen LogP contribution in [-0.4, -0.2) is 29.3 Å². The van der Waals surface area contributed by atoms with Gasteiger partial charge in [0.05, 0.1) is 17.0 Å². The third kappa shape index (κ3) is 2.46. The Morgan fingerprint density at radius 1 is 1.22 bits per heavy atom. The number of halogens is 2. The number of nitrogens with zero attached hydrogens (tertiary/aromatic N) is 1. The molecule has 2 atom stereocenters. The number of carbonyl (C=O) groups is 2. The maximum absolute atomic E-state index is 14.2. The lowest BCUT2D eigenvalue weighted by Gasteiger charge is -2.34. The average Bonchev–Trinajstić information content (AvgIpc) is 3.17. The predicted octanol–water partition coefficient (Wildman–Crippen LogP) is 3.87. The summed E-state index contributed by atoms with van der Waals surface area (Å²) in [5, 5.41) is 2.93. The Kier molecular flexibility index (Phi) is 4.21. The number of fused-ring (bicyclic) bond motifs is 2. The van der Waals surface area contributed by atoms with E-state index in [4.69, 9.17) is 0 Å². The van der Waals surface area contributed by atoms with E-state index in [1.54, 1.807) is 4.90 Å². The van der Waals surface area contributed by atoms with Crippen molar-refractivity contribution in [2.45, 2.75) is 37.6 Å². The number of benzene rings is 2. The summed E-state index contributed by atoms with van der Waals surface area (Å²) in [4.78, 5) is 27.6. The molecule has 1 fully saturated rings. The van der Waals surface area contributed by atoms with E-state index < -0.39 is 29.0 Å². The van der Waals surface area contributed by atoms with Crippen LogP contribution in [0, 0.1) is 11.6 Å². The van der Waals surface area contributed by atoms with Crippen molar-refractivity contribution >= 4 is 17.5 Å². The Morgan fingerprint density at radius 3 is 2.78 bits per heavy atom. The van der Waals surface area contributed by atoms with Gasteiger partial charge >= 0.3 is 0 Å². The Morgan fingerprint density at radius 2 is 2.00 bits per heavy atom. The molecule has 2 aliphatic heterocycles. The van der Waals surface area contributed by atoms with Gasteiger partial charge in [-0.15, -0.1) is 0 Å². The zero-order chi connectivity index (χ0) is 19.2. The number of rotatable bonds is 3. The molecule has 0 radical (unpaired) electrons. The number of nitrogens with one attached hydrogen (secondary N) is 1. The summed E-state index contributed by atoms with van der Waals surface area (Å²) in [6.07, 6.45) is 1.82. The lowest BCUT2D eigenvalue weighted by Crippen LogP contribution is -2.48. The number of likely N-dealkylation sites (tertiary alicyclic amines) is 1. The minimum Gasteiger partial charge on any atom is -0.334 e. The summed E-state index contributed by atoms with van der Waals surface area (Å²) in [6, 6.07) is 10.7. The lowest BCUT2D eigenvalue weighted by molar-refractivity contribution is -0.121. The van der Waals surface area contributed by atoms with Crippen molar-refractivity contribution in [2.75, 3.05) is 11.9 Å². The second kappa shape index (κ2) is 6.44. The normalized spacial score (nSPS) is 23.6. The van der Waals surface area contributed by atoms with Gasteiger partial charge in [0.25, 0.3) is 5.91 Å². The predicted molar refractivity (Wildman–Crippen MR) is 97.5 cm³/mol. The van der Waals surface area contributed by atoms with Gasteiger partial charge in [-0.05, 0) is 36.6 Å². The molecule has 1 spiro atoms. The van der Waals surface area contributed by atoms with E-state index in [0.29, 0.717) is 19.4 Å².